The van der Waals surface area contributed by atoms with Crippen molar-refractivity contribution in [3.8, 4) is 5.75 Å². The number of carbonyl (C=O) groups is 1. The molecule has 1 aromatic rings. The van der Waals surface area contributed by atoms with E-state index in [1.54, 1.807) is 11.0 Å². The van der Waals surface area contributed by atoms with Gasteiger partial charge in [0.05, 0.1) is 18.8 Å². The van der Waals surface area contributed by atoms with Gasteiger partial charge in [-0.3, -0.25) is 4.79 Å². The van der Waals surface area contributed by atoms with E-state index >= 15 is 0 Å². The molecule has 0 saturated carbocycles. The van der Waals surface area contributed by atoms with Gasteiger partial charge >= 0.3 is 6.61 Å². The molecule has 20 heavy (non-hydrogen) atoms. The second-order valence-electron chi connectivity index (χ2n) is 4.86. The van der Waals surface area contributed by atoms with Gasteiger partial charge in [0.25, 0.3) is 5.91 Å². The van der Waals surface area contributed by atoms with Crippen LogP contribution in [0.15, 0.2) is 24.3 Å². The highest BCUT2D eigenvalue weighted by Crippen LogP contribution is 2.20. The zero-order chi connectivity index (χ0) is 14.7. The Bertz CT molecular complexity index is 481. The molecule has 0 aliphatic carbocycles. The summed E-state index contributed by atoms with van der Waals surface area (Å²) in [5.74, 6) is -0.216. The van der Waals surface area contributed by atoms with Crippen molar-refractivity contribution in [2.45, 2.75) is 32.6 Å². The topological polar surface area (TPSA) is 38.8 Å². The molecule has 0 spiro atoms. The molecule has 1 aliphatic rings. The third-order valence-corrected chi connectivity index (χ3v) is 3.17. The number of halogens is 2. The molecule has 0 radical (unpaired) electrons. The van der Waals surface area contributed by atoms with Crippen LogP contribution in [-0.2, 0) is 4.74 Å². The van der Waals surface area contributed by atoms with Crippen LogP contribution < -0.4 is 4.74 Å². The third kappa shape index (κ3) is 3.45. The number of rotatable bonds is 3. The summed E-state index contributed by atoms with van der Waals surface area (Å²) in [5, 5.41) is 0. The van der Waals surface area contributed by atoms with E-state index in [2.05, 4.69) is 4.74 Å². The molecule has 1 aliphatic heterocycles. The van der Waals surface area contributed by atoms with Gasteiger partial charge in [-0.05, 0) is 32.0 Å². The second kappa shape index (κ2) is 6.17. The predicted molar refractivity (Wildman–Crippen MR) is 69.0 cm³/mol. The normalized spacial score (nSPS) is 22.9. The Labute approximate surface area is 116 Å². The number of carbonyl (C=O) groups excluding carboxylic acids is 1. The fraction of sp³-hybridized carbons (Fsp3) is 0.500. The number of benzene rings is 1. The molecule has 0 N–H and O–H groups in total. The Balaban J connectivity index is 2.15. The lowest BCUT2D eigenvalue weighted by atomic mass is 10.1. The first-order valence-corrected chi connectivity index (χ1v) is 6.45. The zero-order valence-electron chi connectivity index (χ0n) is 11.4. The van der Waals surface area contributed by atoms with Crippen LogP contribution in [0.4, 0.5) is 8.78 Å². The Morgan fingerprint density at radius 1 is 1.45 bits per heavy atom. The van der Waals surface area contributed by atoms with Gasteiger partial charge in [-0.25, -0.2) is 0 Å². The van der Waals surface area contributed by atoms with E-state index in [1.165, 1.54) is 18.2 Å². The lowest BCUT2D eigenvalue weighted by Gasteiger charge is -2.36. The first-order valence-electron chi connectivity index (χ1n) is 6.45. The fourth-order valence-electron chi connectivity index (χ4n) is 2.16. The number of morpholine rings is 1. The Morgan fingerprint density at radius 2 is 2.20 bits per heavy atom. The summed E-state index contributed by atoms with van der Waals surface area (Å²) in [6.45, 7) is 1.84. The van der Waals surface area contributed by atoms with Crippen molar-refractivity contribution in [1.82, 2.24) is 4.90 Å². The smallest absolute Gasteiger partial charge is 0.387 e. The minimum absolute atomic E-state index is 0.0141. The predicted octanol–water partition coefficient (Wildman–Crippen LogP) is 2.54. The van der Waals surface area contributed by atoms with Crippen LogP contribution in [-0.4, -0.2) is 42.7 Å². The molecule has 1 saturated heterocycles. The second-order valence-corrected chi connectivity index (χ2v) is 4.86. The maximum absolute atomic E-state index is 12.4. The Morgan fingerprint density at radius 3 is 2.90 bits per heavy atom. The van der Waals surface area contributed by atoms with Crippen molar-refractivity contribution in [2.75, 3.05) is 13.2 Å². The highest BCUT2D eigenvalue weighted by molar-refractivity contribution is 5.94. The molecular weight excluding hydrogens is 268 g/mol. The van der Waals surface area contributed by atoms with Crippen molar-refractivity contribution < 1.29 is 23.0 Å². The molecule has 4 nitrogen and oxygen atoms in total. The van der Waals surface area contributed by atoms with E-state index in [4.69, 9.17) is 4.74 Å². The quantitative estimate of drug-likeness (QED) is 0.856. The first-order chi connectivity index (χ1) is 9.47. The Hall–Kier alpha value is -1.69. The average Bonchev–Trinajstić information content (AvgIpc) is 2.40. The fourth-order valence-corrected chi connectivity index (χ4v) is 2.16. The number of ether oxygens (including phenoxy) is 2. The van der Waals surface area contributed by atoms with Crippen LogP contribution in [0.5, 0.6) is 5.75 Å². The highest BCUT2D eigenvalue weighted by Gasteiger charge is 2.28. The lowest BCUT2D eigenvalue weighted by molar-refractivity contribution is -0.0500. The molecule has 2 rings (SSSR count). The van der Waals surface area contributed by atoms with E-state index in [-0.39, 0.29) is 23.8 Å². The summed E-state index contributed by atoms with van der Waals surface area (Å²) < 4.78 is 34.2. The summed E-state index contributed by atoms with van der Waals surface area (Å²) in [4.78, 5) is 14.1. The van der Waals surface area contributed by atoms with Crippen molar-refractivity contribution in [1.29, 1.82) is 0 Å². The molecule has 110 valence electrons. The van der Waals surface area contributed by atoms with E-state index in [0.29, 0.717) is 18.7 Å². The summed E-state index contributed by atoms with van der Waals surface area (Å²) >= 11 is 0. The number of amides is 1. The van der Waals surface area contributed by atoms with Gasteiger partial charge in [-0.2, -0.15) is 8.78 Å². The lowest BCUT2D eigenvalue weighted by Crippen LogP contribution is -2.50. The van der Waals surface area contributed by atoms with E-state index in [9.17, 15) is 13.6 Å². The SMILES string of the molecule is C[C@@H]1CO[C@@H](C)CN1C(=O)c1cccc(OC(F)F)c1. The minimum Gasteiger partial charge on any atom is -0.435 e. The van der Waals surface area contributed by atoms with Gasteiger partial charge in [0.15, 0.2) is 0 Å². The van der Waals surface area contributed by atoms with Gasteiger partial charge in [0.1, 0.15) is 5.75 Å². The summed E-state index contributed by atoms with van der Waals surface area (Å²) in [6.07, 6.45) is -0.0318. The zero-order valence-corrected chi connectivity index (χ0v) is 11.4. The molecule has 0 unspecified atom stereocenters. The van der Waals surface area contributed by atoms with Crippen molar-refractivity contribution in [3.63, 3.8) is 0 Å². The molecule has 1 heterocycles. The highest BCUT2D eigenvalue weighted by atomic mass is 19.3. The largest absolute Gasteiger partial charge is 0.435 e. The number of hydrogen-bond donors (Lipinski definition) is 0. The number of alkyl halides is 2. The third-order valence-electron chi connectivity index (χ3n) is 3.17. The number of hydrogen-bond acceptors (Lipinski definition) is 3. The van der Waals surface area contributed by atoms with Gasteiger partial charge in [0, 0.05) is 12.1 Å². The van der Waals surface area contributed by atoms with Gasteiger partial charge in [-0.1, -0.05) is 6.07 Å². The molecular formula is C14H17F2NO3. The molecule has 6 heteroatoms. The molecule has 1 amide bonds. The van der Waals surface area contributed by atoms with E-state index < -0.39 is 6.61 Å². The molecule has 2 atom stereocenters. The average molecular weight is 285 g/mol. The maximum atomic E-state index is 12.4. The maximum Gasteiger partial charge on any atom is 0.387 e. The first kappa shape index (κ1) is 14.7. The molecule has 1 fully saturated rings. The Kier molecular flexibility index (Phi) is 4.54. The van der Waals surface area contributed by atoms with E-state index in [1.807, 2.05) is 13.8 Å². The van der Waals surface area contributed by atoms with Crippen LogP contribution in [0.1, 0.15) is 24.2 Å². The van der Waals surface area contributed by atoms with Crippen LogP contribution in [0.25, 0.3) is 0 Å². The molecule has 1 aromatic carbocycles. The monoisotopic (exact) mass is 285 g/mol. The van der Waals surface area contributed by atoms with Crippen LogP contribution >= 0.6 is 0 Å². The number of nitrogens with zero attached hydrogens (tertiary/aromatic N) is 1. The van der Waals surface area contributed by atoms with Crippen molar-refractivity contribution in [3.05, 3.63) is 29.8 Å². The van der Waals surface area contributed by atoms with Crippen molar-refractivity contribution in [2.24, 2.45) is 0 Å². The minimum atomic E-state index is -2.90. The summed E-state index contributed by atoms with van der Waals surface area (Å²) in [6, 6.07) is 5.81. The molecule has 0 bridgehead atoms. The van der Waals surface area contributed by atoms with Crippen LogP contribution in [0.2, 0.25) is 0 Å². The van der Waals surface area contributed by atoms with Crippen LogP contribution in [0.3, 0.4) is 0 Å². The van der Waals surface area contributed by atoms with E-state index in [0.717, 1.165) is 0 Å². The van der Waals surface area contributed by atoms with Gasteiger partial charge in [0.2, 0.25) is 0 Å². The standard InChI is InChI=1S/C14H17F2NO3/c1-9-8-19-10(2)7-17(9)13(18)11-4-3-5-12(6-11)20-14(15)16/h3-6,9-10,14H,7-8H2,1-2H3/t9-,10+/m1/s1. The summed E-state index contributed by atoms with van der Waals surface area (Å²) in [5.41, 5.74) is 0.337. The summed E-state index contributed by atoms with van der Waals surface area (Å²) in [7, 11) is 0. The van der Waals surface area contributed by atoms with Crippen molar-refractivity contribution >= 4 is 5.91 Å². The van der Waals surface area contributed by atoms with Gasteiger partial charge in [-0.15, -0.1) is 0 Å². The van der Waals surface area contributed by atoms with Crippen LogP contribution in [0, 0.1) is 0 Å². The van der Waals surface area contributed by atoms with Gasteiger partial charge < -0.3 is 14.4 Å². The molecule has 0 aromatic heterocycles.